The van der Waals surface area contributed by atoms with Gasteiger partial charge in [0.05, 0.1) is 13.2 Å². The summed E-state index contributed by atoms with van der Waals surface area (Å²) in [7, 11) is 0. The van der Waals surface area contributed by atoms with Gasteiger partial charge in [-0.1, -0.05) is 17.3 Å². The molecular weight excluding hydrogens is 256 g/mol. The van der Waals surface area contributed by atoms with Crippen LogP contribution in [0.2, 0.25) is 0 Å². The van der Waals surface area contributed by atoms with Crippen molar-refractivity contribution in [3.63, 3.8) is 0 Å². The van der Waals surface area contributed by atoms with Crippen LogP contribution in [0.15, 0.2) is 35.0 Å². The third kappa shape index (κ3) is 4.17. The molecule has 0 saturated carbocycles. The van der Waals surface area contributed by atoms with Gasteiger partial charge in [0.15, 0.2) is 5.82 Å². The van der Waals surface area contributed by atoms with Crippen LogP contribution in [0.5, 0.6) is 0 Å². The summed E-state index contributed by atoms with van der Waals surface area (Å²) >= 11 is 0. The molecule has 1 N–H and O–H groups in total. The Morgan fingerprint density at radius 3 is 3.05 bits per heavy atom. The lowest BCUT2D eigenvalue weighted by Gasteiger charge is -2.07. The smallest absolute Gasteiger partial charge is 0.258 e. The molecule has 0 fully saturated rings. The number of aryl methyl sites for hydroxylation is 1. The molecule has 106 valence electrons. The van der Waals surface area contributed by atoms with Crippen LogP contribution in [-0.4, -0.2) is 34.9 Å². The van der Waals surface area contributed by atoms with Gasteiger partial charge < -0.3 is 14.6 Å². The fourth-order valence-corrected chi connectivity index (χ4v) is 1.57. The van der Waals surface area contributed by atoms with Crippen molar-refractivity contribution in [2.45, 2.75) is 13.8 Å². The highest BCUT2D eigenvalue weighted by atomic mass is 16.5. The molecule has 0 aliphatic carbocycles. The van der Waals surface area contributed by atoms with E-state index in [9.17, 15) is 0 Å². The fraction of sp³-hybridized carbons (Fsp3) is 0.357. The average Bonchev–Trinajstić information content (AvgIpc) is 2.85. The van der Waals surface area contributed by atoms with Crippen molar-refractivity contribution in [3.05, 3.63) is 36.3 Å². The summed E-state index contributed by atoms with van der Waals surface area (Å²) in [6, 6.07) is 3.70. The van der Waals surface area contributed by atoms with E-state index >= 15 is 0 Å². The third-order valence-corrected chi connectivity index (χ3v) is 2.44. The third-order valence-electron chi connectivity index (χ3n) is 2.44. The summed E-state index contributed by atoms with van der Waals surface area (Å²) in [4.78, 5) is 8.41. The standard InChI is InChI=1S/C14H18N4O2/c1-10(2)9-19-7-6-16-13-8-12(4-5-15-13)14-17-11(3)18-20-14/h4-5,8H,1,6-7,9H2,2-3H3,(H,15,16). The molecule has 20 heavy (non-hydrogen) atoms. The molecule has 0 radical (unpaired) electrons. The Morgan fingerprint density at radius 2 is 2.35 bits per heavy atom. The first-order valence-corrected chi connectivity index (χ1v) is 6.38. The van der Waals surface area contributed by atoms with Gasteiger partial charge in [-0.3, -0.25) is 0 Å². The maximum absolute atomic E-state index is 5.40. The molecule has 0 bridgehead atoms. The van der Waals surface area contributed by atoms with Crippen molar-refractivity contribution < 1.29 is 9.26 Å². The van der Waals surface area contributed by atoms with Gasteiger partial charge >= 0.3 is 0 Å². The van der Waals surface area contributed by atoms with Gasteiger partial charge in [-0.2, -0.15) is 4.98 Å². The Balaban J connectivity index is 1.88. The molecule has 2 aromatic heterocycles. The van der Waals surface area contributed by atoms with Crippen molar-refractivity contribution in [2.75, 3.05) is 25.1 Å². The van der Waals surface area contributed by atoms with Gasteiger partial charge in [-0.05, 0) is 26.0 Å². The van der Waals surface area contributed by atoms with Gasteiger partial charge in [-0.15, -0.1) is 0 Å². The molecule has 0 aromatic carbocycles. The van der Waals surface area contributed by atoms with Gasteiger partial charge in [0.2, 0.25) is 0 Å². The second-order valence-corrected chi connectivity index (χ2v) is 4.51. The first-order valence-electron chi connectivity index (χ1n) is 6.38. The van der Waals surface area contributed by atoms with E-state index in [1.807, 2.05) is 19.1 Å². The summed E-state index contributed by atoms with van der Waals surface area (Å²) in [6.45, 7) is 9.35. The summed E-state index contributed by atoms with van der Waals surface area (Å²) in [5.41, 5.74) is 1.85. The number of pyridine rings is 1. The van der Waals surface area contributed by atoms with E-state index in [0.29, 0.717) is 31.5 Å². The Bertz CT molecular complexity index is 580. The number of hydrogen-bond acceptors (Lipinski definition) is 6. The molecule has 0 unspecified atom stereocenters. The van der Waals surface area contributed by atoms with E-state index < -0.39 is 0 Å². The topological polar surface area (TPSA) is 73.1 Å². The van der Waals surface area contributed by atoms with Crippen molar-refractivity contribution in [1.82, 2.24) is 15.1 Å². The van der Waals surface area contributed by atoms with Gasteiger partial charge in [0.1, 0.15) is 5.82 Å². The van der Waals surface area contributed by atoms with E-state index in [1.54, 1.807) is 13.1 Å². The predicted molar refractivity (Wildman–Crippen MR) is 76.4 cm³/mol. The molecule has 0 spiro atoms. The van der Waals surface area contributed by atoms with Crippen LogP contribution < -0.4 is 5.32 Å². The van der Waals surface area contributed by atoms with Crippen LogP contribution in [0.25, 0.3) is 11.5 Å². The van der Waals surface area contributed by atoms with Crippen LogP contribution in [0.3, 0.4) is 0 Å². The Hall–Kier alpha value is -2.21. The lowest BCUT2D eigenvalue weighted by atomic mass is 10.2. The van der Waals surface area contributed by atoms with E-state index in [0.717, 1.165) is 17.0 Å². The van der Waals surface area contributed by atoms with Gasteiger partial charge in [0.25, 0.3) is 5.89 Å². The highest BCUT2D eigenvalue weighted by molar-refractivity contribution is 5.57. The predicted octanol–water partition coefficient (Wildman–Crippen LogP) is 2.44. The minimum absolute atomic E-state index is 0.492. The molecule has 0 aliphatic heterocycles. The lowest BCUT2D eigenvalue weighted by molar-refractivity contribution is 0.167. The molecule has 0 aliphatic rings. The number of nitrogens with one attached hydrogen (secondary N) is 1. The first kappa shape index (κ1) is 14.2. The fourth-order valence-electron chi connectivity index (χ4n) is 1.57. The van der Waals surface area contributed by atoms with Crippen LogP contribution in [0.4, 0.5) is 5.82 Å². The maximum Gasteiger partial charge on any atom is 0.258 e. The number of nitrogens with zero attached hydrogens (tertiary/aromatic N) is 3. The van der Waals surface area contributed by atoms with Crippen molar-refractivity contribution >= 4 is 5.82 Å². The van der Waals surface area contributed by atoms with E-state index in [1.165, 1.54) is 0 Å². The minimum atomic E-state index is 0.492. The van der Waals surface area contributed by atoms with E-state index in [2.05, 4.69) is 27.0 Å². The molecule has 2 rings (SSSR count). The molecule has 0 atom stereocenters. The molecule has 6 heteroatoms. The zero-order valence-corrected chi connectivity index (χ0v) is 11.7. The van der Waals surface area contributed by atoms with Crippen molar-refractivity contribution in [2.24, 2.45) is 0 Å². The Morgan fingerprint density at radius 1 is 1.50 bits per heavy atom. The number of rotatable bonds is 7. The largest absolute Gasteiger partial charge is 0.375 e. The SMILES string of the molecule is C=C(C)COCCNc1cc(-c2nc(C)no2)ccn1. The molecular formula is C14H18N4O2. The normalized spacial score (nSPS) is 10.5. The van der Waals surface area contributed by atoms with Crippen molar-refractivity contribution in [3.8, 4) is 11.5 Å². The molecule has 0 amide bonds. The second-order valence-electron chi connectivity index (χ2n) is 4.51. The monoisotopic (exact) mass is 274 g/mol. The van der Waals surface area contributed by atoms with Crippen LogP contribution in [-0.2, 0) is 4.74 Å². The zero-order valence-electron chi connectivity index (χ0n) is 11.7. The molecule has 0 saturated heterocycles. The molecule has 6 nitrogen and oxygen atoms in total. The quantitative estimate of drug-likeness (QED) is 0.617. The zero-order chi connectivity index (χ0) is 14.4. The Labute approximate surface area is 117 Å². The first-order chi connectivity index (χ1) is 9.65. The van der Waals surface area contributed by atoms with Gasteiger partial charge in [-0.25, -0.2) is 4.98 Å². The van der Waals surface area contributed by atoms with Crippen LogP contribution in [0.1, 0.15) is 12.7 Å². The van der Waals surface area contributed by atoms with Crippen molar-refractivity contribution in [1.29, 1.82) is 0 Å². The highest BCUT2D eigenvalue weighted by Crippen LogP contribution is 2.18. The average molecular weight is 274 g/mol. The summed E-state index contributed by atoms with van der Waals surface area (Å²) in [6.07, 6.45) is 1.70. The highest BCUT2D eigenvalue weighted by Gasteiger charge is 2.07. The van der Waals surface area contributed by atoms with E-state index in [-0.39, 0.29) is 0 Å². The minimum Gasteiger partial charge on any atom is -0.375 e. The molecule has 2 heterocycles. The number of aromatic nitrogens is 3. The number of anilines is 1. The number of hydrogen-bond donors (Lipinski definition) is 1. The van der Waals surface area contributed by atoms with Gasteiger partial charge in [0, 0.05) is 18.3 Å². The van der Waals surface area contributed by atoms with Crippen LogP contribution in [0, 0.1) is 6.92 Å². The summed E-state index contributed by atoms with van der Waals surface area (Å²) in [5.74, 6) is 1.85. The molecule has 2 aromatic rings. The number of ether oxygens (including phenoxy) is 1. The summed E-state index contributed by atoms with van der Waals surface area (Å²) in [5, 5.41) is 6.95. The summed E-state index contributed by atoms with van der Waals surface area (Å²) < 4.78 is 10.5. The maximum atomic E-state index is 5.40. The van der Waals surface area contributed by atoms with E-state index in [4.69, 9.17) is 9.26 Å². The second kappa shape index (κ2) is 6.81. The Kier molecular flexibility index (Phi) is 4.84. The van der Waals surface area contributed by atoms with Crippen LogP contribution >= 0.6 is 0 Å². The lowest BCUT2D eigenvalue weighted by Crippen LogP contribution is -2.11.